The van der Waals surface area contributed by atoms with Crippen molar-refractivity contribution < 1.29 is 0 Å². The molecule has 1 rings (SSSR count). The summed E-state index contributed by atoms with van der Waals surface area (Å²) < 4.78 is 0. The van der Waals surface area contributed by atoms with Crippen LogP contribution in [0.2, 0.25) is 0 Å². The summed E-state index contributed by atoms with van der Waals surface area (Å²) in [6.07, 6.45) is 1.48. The zero-order chi connectivity index (χ0) is 12.8. The van der Waals surface area contributed by atoms with E-state index in [2.05, 4.69) is 49.1 Å². The van der Waals surface area contributed by atoms with Gasteiger partial charge in [-0.25, -0.2) is 0 Å². The van der Waals surface area contributed by atoms with Gasteiger partial charge in [-0.15, -0.1) is 0 Å². The summed E-state index contributed by atoms with van der Waals surface area (Å²) in [5, 5.41) is 8.69. The van der Waals surface area contributed by atoms with Crippen molar-refractivity contribution in [1.82, 2.24) is 0 Å². The summed E-state index contributed by atoms with van der Waals surface area (Å²) >= 11 is 0. The summed E-state index contributed by atoms with van der Waals surface area (Å²) in [6.45, 7) is 4.13. The van der Waals surface area contributed by atoms with Gasteiger partial charge in [-0.3, -0.25) is 0 Å². The second-order valence-corrected chi connectivity index (χ2v) is 4.43. The predicted octanol–water partition coefficient (Wildman–Crippen LogP) is 2.83. The second kappa shape index (κ2) is 6.27. The van der Waals surface area contributed by atoms with Crippen molar-refractivity contribution in [3.05, 3.63) is 29.8 Å². The first kappa shape index (κ1) is 13.5. The highest BCUT2D eigenvalue weighted by Gasteiger charge is 2.10. The van der Waals surface area contributed by atoms with Gasteiger partial charge in [0.15, 0.2) is 0 Å². The van der Waals surface area contributed by atoms with Crippen LogP contribution in [0.25, 0.3) is 0 Å². The van der Waals surface area contributed by atoms with E-state index < -0.39 is 0 Å². The van der Waals surface area contributed by atoms with Crippen molar-refractivity contribution in [1.29, 1.82) is 5.26 Å². The molecule has 0 aliphatic rings. The van der Waals surface area contributed by atoms with Crippen LogP contribution in [0.1, 0.15) is 38.3 Å². The Labute approximate surface area is 104 Å². The van der Waals surface area contributed by atoms with Crippen LogP contribution in [0.4, 0.5) is 5.69 Å². The lowest BCUT2D eigenvalue weighted by Gasteiger charge is -2.25. The molecule has 3 heteroatoms. The number of nitriles is 1. The molecule has 2 N–H and O–H groups in total. The van der Waals surface area contributed by atoms with Crippen molar-refractivity contribution in [3.8, 4) is 6.07 Å². The molecular formula is C14H21N3. The minimum Gasteiger partial charge on any atom is -0.371 e. The topological polar surface area (TPSA) is 53.0 Å². The molecule has 2 unspecified atom stereocenters. The maximum Gasteiger partial charge on any atom is 0.0643 e. The molecule has 0 aliphatic heterocycles. The zero-order valence-corrected chi connectivity index (χ0v) is 10.9. The lowest BCUT2D eigenvalue weighted by Crippen LogP contribution is -2.28. The van der Waals surface area contributed by atoms with Crippen molar-refractivity contribution in [2.75, 3.05) is 11.9 Å². The van der Waals surface area contributed by atoms with E-state index in [1.165, 1.54) is 0 Å². The summed E-state index contributed by atoms with van der Waals surface area (Å²) in [6, 6.07) is 10.8. The fraction of sp³-hybridized carbons (Fsp3) is 0.500. The van der Waals surface area contributed by atoms with Crippen molar-refractivity contribution >= 4 is 5.69 Å². The van der Waals surface area contributed by atoms with Gasteiger partial charge < -0.3 is 10.6 Å². The van der Waals surface area contributed by atoms with Crippen molar-refractivity contribution in [2.24, 2.45) is 5.73 Å². The molecule has 2 atom stereocenters. The molecule has 0 aliphatic carbocycles. The van der Waals surface area contributed by atoms with Gasteiger partial charge in [-0.1, -0.05) is 19.1 Å². The van der Waals surface area contributed by atoms with E-state index in [-0.39, 0.29) is 12.1 Å². The molecule has 0 fully saturated rings. The highest BCUT2D eigenvalue weighted by Crippen LogP contribution is 2.20. The molecular weight excluding hydrogens is 210 g/mol. The lowest BCUT2D eigenvalue weighted by atomic mass is 10.0. The predicted molar refractivity (Wildman–Crippen MR) is 71.8 cm³/mol. The Bertz CT molecular complexity index is 377. The van der Waals surface area contributed by atoms with E-state index in [1.54, 1.807) is 0 Å². The van der Waals surface area contributed by atoms with Gasteiger partial charge in [0.1, 0.15) is 0 Å². The quantitative estimate of drug-likeness (QED) is 0.847. The third-order valence-electron chi connectivity index (χ3n) is 3.22. The molecule has 17 heavy (non-hydrogen) atoms. The van der Waals surface area contributed by atoms with Crippen molar-refractivity contribution in [3.63, 3.8) is 0 Å². The number of benzene rings is 1. The lowest BCUT2D eigenvalue weighted by molar-refractivity contribution is 0.692. The molecule has 0 bridgehead atoms. The average molecular weight is 231 g/mol. The fourth-order valence-electron chi connectivity index (χ4n) is 1.72. The van der Waals surface area contributed by atoms with E-state index in [0.29, 0.717) is 6.42 Å². The molecule has 0 saturated heterocycles. The third-order valence-corrected chi connectivity index (χ3v) is 3.22. The maximum atomic E-state index is 8.69. The highest BCUT2D eigenvalue weighted by molar-refractivity contribution is 5.48. The molecule has 1 aromatic rings. The van der Waals surface area contributed by atoms with Crippen molar-refractivity contribution in [2.45, 2.75) is 38.8 Å². The van der Waals surface area contributed by atoms with E-state index >= 15 is 0 Å². The molecule has 0 spiro atoms. The Morgan fingerprint density at radius 1 is 1.35 bits per heavy atom. The maximum absolute atomic E-state index is 8.69. The van der Waals surface area contributed by atoms with Crippen LogP contribution in [-0.4, -0.2) is 13.1 Å². The van der Waals surface area contributed by atoms with Gasteiger partial charge in [0.05, 0.1) is 12.5 Å². The smallest absolute Gasteiger partial charge is 0.0643 e. The molecule has 3 nitrogen and oxygen atoms in total. The molecule has 0 saturated carbocycles. The SMILES string of the molecule is CCC(N)c1ccc(N(C)C(C)CC#N)cc1. The van der Waals surface area contributed by atoms with Gasteiger partial charge in [-0.05, 0) is 31.0 Å². The van der Waals surface area contributed by atoms with E-state index in [1.807, 2.05) is 7.05 Å². The van der Waals surface area contributed by atoms with Gasteiger partial charge in [0.25, 0.3) is 0 Å². The first-order valence-electron chi connectivity index (χ1n) is 6.05. The molecule has 0 aromatic heterocycles. The monoisotopic (exact) mass is 231 g/mol. The fourth-order valence-corrected chi connectivity index (χ4v) is 1.72. The number of rotatable bonds is 5. The molecule has 0 radical (unpaired) electrons. The standard InChI is InChI=1S/C14H21N3/c1-4-14(16)12-5-7-13(8-6-12)17(3)11(2)9-10-15/h5-8,11,14H,4,9,16H2,1-3H3. The third kappa shape index (κ3) is 3.47. The molecule has 1 aromatic carbocycles. The van der Waals surface area contributed by atoms with Gasteiger partial charge >= 0.3 is 0 Å². The minimum absolute atomic E-state index is 0.117. The van der Waals surface area contributed by atoms with Crippen LogP contribution in [0, 0.1) is 11.3 Å². The van der Waals surface area contributed by atoms with Crippen LogP contribution in [0.3, 0.4) is 0 Å². The summed E-state index contributed by atoms with van der Waals surface area (Å²) in [5.41, 5.74) is 8.26. The second-order valence-electron chi connectivity index (χ2n) is 4.43. The van der Waals surface area contributed by atoms with Gasteiger partial charge in [0.2, 0.25) is 0 Å². The minimum atomic E-state index is 0.117. The van der Waals surface area contributed by atoms with E-state index in [9.17, 15) is 0 Å². The van der Waals surface area contributed by atoms with Crippen LogP contribution < -0.4 is 10.6 Å². The van der Waals surface area contributed by atoms with Crippen LogP contribution in [-0.2, 0) is 0 Å². The Morgan fingerprint density at radius 3 is 2.41 bits per heavy atom. The largest absolute Gasteiger partial charge is 0.371 e. The molecule has 0 amide bonds. The zero-order valence-electron chi connectivity index (χ0n) is 10.9. The van der Waals surface area contributed by atoms with Crippen LogP contribution >= 0.6 is 0 Å². The normalized spacial score (nSPS) is 13.8. The Morgan fingerprint density at radius 2 is 1.94 bits per heavy atom. The Balaban J connectivity index is 2.77. The number of nitrogens with zero attached hydrogens (tertiary/aromatic N) is 2. The first-order chi connectivity index (χ1) is 8.10. The van der Waals surface area contributed by atoms with E-state index in [4.69, 9.17) is 11.0 Å². The van der Waals surface area contributed by atoms with Crippen LogP contribution in [0.15, 0.2) is 24.3 Å². The highest BCUT2D eigenvalue weighted by atomic mass is 15.1. The molecule has 92 valence electrons. The molecule has 0 heterocycles. The van der Waals surface area contributed by atoms with E-state index in [0.717, 1.165) is 17.7 Å². The Kier molecular flexibility index (Phi) is 4.99. The first-order valence-corrected chi connectivity index (χ1v) is 6.05. The number of hydrogen-bond donors (Lipinski definition) is 1. The van der Waals surface area contributed by atoms with Gasteiger partial charge in [0, 0.05) is 24.8 Å². The van der Waals surface area contributed by atoms with Gasteiger partial charge in [-0.2, -0.15) is 5.26 Å². The summed E-state index contributed by atoms with van der Waals surface area (Å²) in [7, 11) is 2.01. The number of hydrogen-bond acceptors (Lipinski definition) is 3. The average Bonchev–Trinajstić information content (AvgIpc) is 2.37. The van der Waals surface area contributed by atoms with Crippen LogP contribution in [0.5, 0.6) is 0 Å². The Hall–Kier alpha value is -1.53. The summed E-state index contributed by atoms with van der Waals surface area (Å²) in [5.74, 6) is 0. The number of anilines is 1. The summed E-state index contributed by atoms with van der Waals surface area (Å²) in [4.78, 5) is 2.12. The number of nitrogens with two attached hydrogens (primary N) is 1.